The van der Waals surface area contributed by atoms with Gasteiger partial charge >= 0.3 is 0 Å². The van der Waals surface area contributed by atoms with E-state index >= 15 is 0 Å². The standard InChI is InChI=1S/C22H24N2O4S/c1-4-27-18-9-15-7-12(2)28-19(15)10-16(18)11-23-22(26)14-5-6-20-17(8-14)24-21(25)13(3)29-20/h5-6,8-10,12-13H,4,7,11H2,1-3H3,(H,23,26)(H,24,25)/t12-,13-/m0/s1. The van der Waals surface area contributed by atoms with Gasteiger partial charge in [-0.15, -0.1) is 11.8 Å². The van der Waals surface area contributed by atoms with Crippen molar-refractivity contribution >= 4 is 29.3 Å². The van der Waals surface area contributed by atoms with Crippen LogP contribution < -0.4 is 20.1 Å². The lowest BCUT2D eigenvalue weighted by molar-refractivity contribution is -0.115. The van der Waals surface area contributed by atoms with Crippen molar-refractivity contribution in [2.75, 3.05) is 11.9 Å². The maximum absolute atomic E-state index is 12.7. The number of thioether (sulfide) groups is 1. The SMILES string of the molecule is CCOc1cc2c(cc1CNC(=O)c1ccc3c(c1)NC(=O)[C@H](C)S3)O[C@@H](C)C2. The summed E-state index contributed by atoms with van der Waals surface area (Å²) in [7, 11) is 0. The number of rotatable bonds is 5. The molecule has 0 aliphatic carbocycles. The number of ether oxygens (including phenoxy) is 2. The number of benzene rings is 2. The first-order chi connectivity index (χ1) is 13.9. The van der Waals surface area contributed by atoms with Crippen LogP contribution in [0.3, 0.4) is 0 Å². The minimum Gasteiger partial charge on any atom is -0.494 e. The maximum atomic E-state index is 12.7. The van der Waals surface area contributed by atoms with Crippen molar-refractivity contribution in [3.8, 4) is 11.5 Å². The molecule has 2 N–H and O–H groups in total. The van der Waals surface area contributed by atoms with Crippen molar-refractivity contribution < 1.29 is 19.1 Å². The molecule has 29 heavy (non-hydrogen) atoms. The lowest BCUT2D eigenvalue weighted by atomic mass is 10.1. The molecular formula is C22H24N2O4S. The lowest BCUT2D eigenvalue weighted by Gasteiger charge is -2.21. The Bertz CT molecular complexity index is 976. The third-order valence-electron chi connectivity index (χ3n) is 4.99. The van der Waals surface area contributed by atoms with Crippen LogP contribution in [0.4, 0.5) is 5.69 Å². The van der Waals surface area contributed by atoms with E-state index in [4.69, 9.17) is 9.47 Å². The summed E-state index contributed by atoms with van der Waals surface area (Å²) in [6.07, 6.45) is 1.01. The highest BCUT2D eigenvalue weighted by molar-refractivity contribution is 8.00. The first-order valence-corrected chi connectivity index (χ1v) is 10.7. The fraction of sp³-hybridized carbons (Fsp3) is 0.364. The second-order valence-electron chi connectivity index (χ2n) is 7.28. The molecule has 0 radical (unpaired) electrons. The van der Waals surface area contributed by atoms with Crippen molar-refractivity contribution in [1.82, 2.24) is 5.32 Å². The largest absolute Gasteiger partial charge is 0.494 e. The van der Waals surface area contributed by atoms with Crippen molar-refractivity contribution in [2.45, 2.75) is 50.0 Å². The molecule has 2 atom stereocenters. The van der Waals surface area contributed by atoms with Crippen LogP contribution in [0.1, 0.15) is 42.3 Å². The van der Waals surface area contributed by atoms with Crippen molar-refractivity contribution in [3.63, 3.8) is 0 Å². The van der Waals surface area contributed by atoms with E-state index in [0.29, 0.717) is 24.4 Å². The van der Waals surface area contributed by atoms with Gasteiger partial charge in [0.1, 0.15) is 17.6 Å². The first-order valence-electron chi connectivity index (χ1n) is 9.79. The van der Waals surface area contributed by atoms with Gasteiger partial charge in [0, 0.05) is 34.6 Å². The third-order valence-corrected chi connectivity index (χ3v) is 6.17. The Morgan fingerprint density at radius 1 is 1.31 bits per heavy atom. The van der Waals surface area contributed by atoms with Crippen LogP contribution in [0, 0.1) is 0 Å². The highest BCUT2D eigenvalue weighted by atomic mass is 32.2. The molecule has 2 aliphatic rings. The molecule has 4 rings (SSSR count). The monoisotopic (exact) mass is 412 g/mol. The summed E-state index contributed by atoms with van der Waals surface area (Å²) in [6, 6.07) is 9.34. The van der Waals surface area contributed by atoms with Crippen molar-refractivity contribution in [2.24, 2.45) is 0 Å². The number of anilines is 1. The van der Waals surface area contributed by atoms with Gasteiger partial charge in [-0.3, -0.25) is 9.59 Å². The summed E-state index contributed by atoms with van der Waals surface area (Å²) in [5, 5.41) is 5.67. The molecule has 0 aromatic heterocycles. The van der Waals surface area contributed by atoms with E-state index in [-0.39, 0.29) is 23.2 Å². The highest BCUT2D eigenvalue weighted by Crippen LogP contribution is 2.37. The Labute approximate surface area is 174 Å². The number of carbonyl (C=O) groups is 2. The molecule has 0 spiro atoms. The molecule has 0 saturated heterocycles. The normalized spacial score (nSPS) is 19.6. The fourth-order valence-corrected chi connectivity index (χ4v) is 4.47. The van der Waals surface area contributed by atoms with Gasteiger partial charge in [-0.2, -0.15) is 0 Å². The van der Waals surface area contributed by atoms with Gasteiger partial charge in [0.15, 0.2) is 0 Å². The molecule has 0 unspecified atom stereocenters. The predicted octanol–water partition coefficient (Wildman–Crippen LogP) is 3.77. The molecule has 0 bridgehead atoms. The molecule has 2 heterocycles. The summed E-state index contributed by atoms with van der Waals surface area (Å²) in [6.45, 7) is 6.72. The lowest BCUT2D eigenvalue weighted by Crippen LogP contribution is -2.27. The number of amides is 2. The Morgan fingerprint density at radius 3 is 2.93 bits per heavy atom. The molecule has 0 fully saturated rings. The number of fused-ring (bicyclic) bond motifs is 2. The number of nitrogens with one attached hydrogen (secondary N) is 2. The molecule has 6 nitrogen and oxygen atoms in total. The molecule has 7 heteroatoms. The van der Waals surface area contributed by atoms with Gasteiger partial charge < -0.3 is 20.1 Å². The summed E-state index contributed by atoms with van der Waals surface area (Å²) < 4.78 is 11.6. The molecule has 2 aromatic carbocycles. The van der Waals surface area contributed by atoms with E-state index in [0.717, 1.165) is 33.9 Å². The van der Waals surface area contributed by atoms with Gasteiger partial charge in [0.05, 0.1) is 17.5 Å². The second-order valence-corrected chi connectivity index (χ2v) is 8.66. The zero-order valence-electron chi connectivity index (χ0n) is 16.7. The number of carbonyl (C=O) groups excluding carboxylic acids is 2. The van der Waals surface area contributed by atoms with Crippen LogP contribution in [-0.4, -0.2) is 29.8 Å². The zero-order valence-corrected chi connectivity index (χ0v) is 17.5. The fourth-order valence-electron chi connectivity index (χ4n) is 3.54. The summed E-state index contributed by atoms with van der Waals surface area (Å²) in [4.78, 5) is 25.6. The van der Waals surface area contributed by atoms with E-state index in [1.165, 1.54) is 11.8 Å². The second kappa shape index (κ2) is 7.99. The van der Waals surface area contributed by atoms with Gasteiger partial charge in [-0.25, -0.2) is 0 Å². The summed E-state index contributed by atoms with van der Waals surface area (Å²) >= 11 is 1.50. The van der Waals surface area contributed by atoms with Crippen LogP contribution in [0.15, 0.2) is 35.2 Å². The van der Waals surface area contributed by atoms with Gasteiger partial charge in [0.25, 0.3) is 5.91 Å². The smallest absolute Gasteiger partial charge is 0.251 e. The van der Waals surface area contributed by atoms with Crippen LogP contribution in [-0.2, 0) is 17.8 Å². The van der Waals surface area contributed by atoms with Crippen LogP contribution in [0.2, 0.25) is 0 Å². The van der Waals surface area contributed by atoms with E-state index < -0.39 is 0 Å². The minimum atomic E-state index is -0.206. The van der Waals surface area contributed by atoms with E-state index in [9.17, 15) is 9.59 Å². The third kappa shape index (κ3) is 4.05. The average Bonchev–Trinajstić information content (AvgIpc) is 3.05. The van der Waals surface area contributed by atoms with Gasteiger partial charge in [-0.05, 0) is 51.1 Å². The van der Waals surface area contributed by atoms with E-state index in [1.54, 1.807) is 12.1 Å². The molecule has 2 aliphatic heterocycles. The summed E-state index contributed by atoms with van der Waals surface area (Å²) in [5.41, 5.74) is 3.20. The number of hydrogen-bond donors (Lipinski definition) is 2. The van der Waals surface area contributed by atoms with Crippen LogP contribution in [0.25, 0.3) is 0 Å². The van der Waals surface area contributed by atoms with Gasteiger partial charge in [-0.1, -0.05) is 0 Å². The molecule has 0 saturated carbocycles. The molecule has 2 aromatic rings. The maximum Gasteiger partial charge on any atom is 0.251 e. The highest BCUT2D eigenvalue weighted by Gasteiger charge is 2.24. The van der Waals surface area contributed by atoms with Crippen molar-refractivity contribution in [3.05, 3.63) is 47.0 Å². The van der Waals surface area contributed by atoms with E-state index in [2.05, 4.69) is 10.6 Å². The van der Waals surface area contributed by atoms with E-state index in [1.807, 2.05) is 39.0 Å². The molecule has 2 amide bonds. The zero-order chi connectivity index (χ0) is 20.5. The van der Waals surface area contributed by atoms with Crippen LogP contribution in [0.5, 0.6) is 11.5 Å². The minimum absolute atomic E-state index is 0.0474. The molecule has 152 valence electrons. The van der Waals surface area contributed by atoms with Crippen LogP contribution >= 0.6 is 11.8 Å². The topological polar surface area (TPSA) is 76.7 Å². The Balaban J connectivity index is 1.50. The summed E-state index contributed by atoms with van der Waals surface area (Å²) in [5.74, 6) is 1.37. The quantitative estimate of drug-likeness (QED) is 0.782. The Kier molecular flexibility index (Phi) is 5.41. The number of hydrogen-bond acceptors (Lipinski definition) is 5. The predicted molar refractivity (Wildman–Crippen MR) is 113 cm³/mol. The average molecular weight is 413 g/mol. The van der Waals surface area contributed by atoms with Gasteiger partial charge in [0.2, 0.25) is 5.91 Å². The Morgan fingerprint density at radius 2 is 2.14 bits per heavy atom. The van der Waals surface area contributed by atoms with Crippen molar-refractivity contribution in [1.29, 1.82) is 0 Å². The Hall–Kier alpha value is -2.67. The molecular weight excluding hydrogens is 388 g/mol. The first kappa shape index (κ1) is 19.6.